The summed E-state index contributed by atoms with van der Waals surface area (Å²) in [6.07, 6.45) is 1.87. The van der Waals surface area contributed by atoms with Crippen LogP contribution < -0.4 is 10.2 Å². The van der Waals surface area contributed by atoms with E-state index in [0.717, 1.165) is 0 Å². The van der Waals surface area contributed by atoms with E-state index in [0.29, 0.717) is 37.6 Å². The molecule has 1 aromatic rings. The highest BCUT2D eigenvalue weighted by Crippen LogP contribution is 2.33. The van der Waals surface area contributed by atoms with Gasteiger partial charge in [-0.1, -0.05) is 0 Å². The standard InChI is InChI=1S/C16H19F3N4O3/c17-16(18,19)3-1-2-14(24)23-6-4-15(5-7-23)8-13(22-26-15)25-12-9-20-11-21-10-12/h8-11,22H,1-7H2. The molecule has 0 aromatic carbocycles. The van der Waals surface area contributed by atoms with Gasteiger partial charge in [-0.2, -0.15) is 13.2 Å². The first kappa shape index (κ1) is 18.4. The molecule has 0 aliphatic carbocycles. The van der Waals surface area contributed by atoms with Crippen molar-refractivity contribution in [3.05, 3.63) is 30.7 Å². The summed E-state index contributed by atoms with van der Waals surface area (Å²) in [6, 6.07) is 0. The molecule has 1 spiro atoms. The number of ether oxygens (including phenoxy) is 1. The van der Waals surface area contributed by atoms with Crippen LogP contribution in [0.1, 0.15) is 32.1 Å². The average Bonchev–Trinajstić information content (AvgIpc) is 2.97. The number of alkyl halides is 3. The maximum atomic E-state index is 12.2. The second kappa shape index (κ2) is 7.48. The summed E-state index contributed by atoms with van der Waals surface area (Å²) in [5.41, 5.74) is 2.13. The first-order valence-electron chi connectivity index (χ1n) is 8.30. The van der Waals surface area contributed by atoms with Crippen molar-refractivity contribution in [3.8, 4) is 5.75 Å². The second-order valence-corrected chi connectivity index (χ2v) is 6.30. The number of likely N-dealkylation sites (tertiary alicyclic amines) is 1. The molecule has 7 nitrogen and oxygen atoms in total. The van der Waals surface area contributed by atoms with Gasteiger partial charge in [-0.15, -0.1) is 0 Å². The van der Waals surface area contributed by atoms with Crippen molar-refractivity contribution >= 4 is 5.91 Å². The molecule has 0 bridgehead atoms. The minimum Gasteiger partial charge on any atom is -0.436 e. The maximum absolute atomic E-state index is 12.2. The van der Waals surface area contributed by atoms with Gasteiger partial charge < -0.3 is 9.64 Å². The van der Waals surface area contributed by atoms with Crippen LogP contribution in [0.2, 0.25) is 0 Å². The summed E-state index contributed by atoms with van der Waals surface area (Å²) >= 11 is 0. The van der Waals surface area contributed by atoms with E-state index in [4.69, 9.17) is 9.57 Å². The summed E-state index contributed by atoms with van der Waals surface area (Å²) in [6.45, 7) is 0.843. The average molecular weight is 372 g/mol. The molecule has 2 aliphatic rings. The molecule has 142 valence electrons. The molecule has 0 radical (unpaired) electrons. The number of piperidine rings is 1. The van der Waals surface area contributed by atoms with Crippen molar-refractivity contribution in [3.63, 3.8) is 0 Å². The van der Waals surface area contributed by atoms with Crippen LogP contribution in [0.5, 0.6) is 5.75 Å². The largest absolute Gasteiger partial charge is 0.436 e. The highest BCUT2D eigenvalue weighted by molar-refractivity contribution is 5.76. The molecule has 2 aliphatic heterocycles. The van der Waals surface area contributed by atoms with Crippen molar-refractivity contribution in [2.24, 2.45) is 0 Å². The van der Waals surface area contributed by atoms with Crippen LogP contribution in [0.3, 0.4) is 0 Å². The summed E-state index contributed by atoms with van der Waals surface area (Å²) in [5, 5.41) is 0. The fraction of sp³-hybridized carbons (Fsp3) is 0.562. The van der Waals surface area contributed by atoms with Crippen molar-refractivity contribution < 1.29 is 27.5 Å². The van der Waals surface area contributed by atoms with Crippen LogP contribution in [-0.4, -0.2) is 45.6 Å². The molecular formula is C16H19F3N4O3. The Morgan fingerprint density at radius 2 is 2.00 bits per heavy atom. The minimum absolute atomic E-state index is 0.0934. The van der Waals surface area contributed by atoms with Gasteiger partial charge in [0.1, 0.15) is 11.9 Å². The van der Waals surface area contributed by atoms with E-state index in [1.54, 1.807) is 4.90 Å². The Morgan fingerprint density at radius 3 is 2.65 bits per heavy atom. The summed E-state index contributed by atoms with van der Waals surface area (Å²) in [7, 11) is 0. The van der Waals surface area contributed by atoms with Gasteiger partial charge >= 0.3 is 6.18 Å². The van der Waals surface area contributed by atoms with Crippen LogP contribution >= 0.6 is 0 Å². The normalized spacial score (nSPS) is 19.2. The monoisotopic (exact) mass is 372 g/mol. The molecule has 1 amide bonds. The zero-order valence-electron chi connectivity index (χ0n) is 14.0. The summed E-state index contributed by atoms with van der Waals surface area (Å²) in [5.74, 6) is 0.630. The van der Waals surface area contributed by atoms with E-state index >= 15 is 0 Å². The third-order valence-electron chi connectivity index (χ3n) is 4.33. The predicted octanol–water partition coefficient (Wildman–Crippen LogP) is 2.33. The maximum Gasteiger partial charge on any atom is 0.389 e. The van der Waals surface area contributed by atoms with Gasteiger partial charge in [-0.25, -0.2) is 15.4 Å². The van der Waals surface area contributed by atoms with E-state index in [1.165, 1.54) is 18.7 Å². The second-order valence-electron chi connectivity index (χ2n) is 6.30. The van der Waals surface area contributed by atoms with Gasteiger partial charge in [0.25, 0.3) is 0 Å². The number of carbonyl (C=O) groups excluding carboxylic acids is 1. The van der Waals surface area contributed by atoms with Crippen LogP contribution in [-0.2, 0) is 9.63 Å². The first-order chi connectivity index (χ1) is 12.4. The van der Waals surface area contributed by atoms with Crippen LogP contribution in [0, 0.1) is 0 Å². The van der Waals surface area contributed by atoms with Crippen molar-refractivity contribution in [2.45, 2.75) is 43.9 Å². The number of nitrogens with zero attached hydrogens (tertiary/aromatic N) is 3. The van der Waals surface area contributed by atoms with Crippen LogP contribution in [0.25, 0.3) is 0 Å². The van der Waals surface area contributed by atoms with E-state index < -0.39 is 18.2 Å². The molecule has 1 aromatic heterocycles. The Bertz CT molecular complexity index is 658. The van der Waals surface area contributed by atoms with E-state index in [1.807, 2.05) is 6.08 Å². The first-order valence-corrected chi connectivity index (χ1v) is 8.30. The Morgan fingerprint density at radius 1 is 1.31 bits per heavy atom. The van der Waals surface area contributed by atoms with Crippen LogP contribution in [0.15, 0.2) is 30.7 Å². The minimum atomic E-state index is -4.22. The topological polar surface area (TPSA) is 76.6 Å². The molecule has 3 rings (SSSR count). The molecular weight excluding hydrogens is 353 g/mol. The SMILES string of the molecule is O=C(CCCC(F)(F)F)N1CCC2(C=C(Oc3cncnc3)NO2)CC1. The Kier molecular flexibility index (Phi) is 5.30. The van der Waals surface area contributed by atoms with Gasteiger partial charge in [0.15, 0.2) is 5.75 Å². The molecule has 10 heteroatoms. The number of hydrogen-bond acceptors (Lipinski definition) is 6. The number of halogens is 3. The van der Waals surface area contributed by atoms with Gasteiger partial charge in [-0.3, -0.25) is 9.63 Å². The molecule has 0 atom stereocenters. The quantitative estimate of drug-likeness (QED) is 0.855. The number of amides is 1. The van der Waals surface area contributed by atoms with Gasteiger partial charge in [0.2, 0.25) is 11.8 Å². The molecule has 3 heterocycles. The number of carbonyl (C=O) groups is 1. The fourth-order valence-electron chi connectivity index (χ4n) is 2.94. The number of hydroxylamine groups is 1. The van der Waals surface area contributed by atoms with Gasteiger partial charge in [-0.05, 0) is 6.42 Å². The highest BCUT2D eigenvalue weighted by Gasteiger charge is 2.40. The molecule has 0 unspecified atom stereocenters. The van der Waals surface area contributed by atoms with Crippen LogP contribution in [0.4, 0.5) is 13.2 Å². The van der Waals surface area contributed by atoms with E-state index in [-0.39, 0.29) is 18.7 Å². The molecule has 1 N–H and O–H groups in total. The molecule has 0 saturated carbocycles. The van der Waals surface area contributed by atoms with Crippen molar-refractivity contribution in [1.82, 2.24) is 20.3 Å². The summed E-state index contributed by atoms with van der Waals surface area (Å²) in [4.78, 5) is 27.0. The third kappa shape index (κ3) is 4.84. The van der Waals surface area contributed by atoms with Crippen molar-refractivity contribution in [2.75, 3.05) is 13.1 Å². The smallest absolute Gasteiger partial charge is 0.389 e. The number of rotatable bonds is 5. The Labute approximate surface area is 148 Å². The lowest BCUT2D eigenvalue weighted by Crippen LogP contribution is -2.46. The lowest BCUT2D eigenvalue weighted by atomic mass is 9.91. The third-order valence-corrected chi connectivity index (χ3v) is 4.33. The summed E-state index contributed by atoms with van der Waals surface area (Å²) < 4.78 is 42.1. The van der Waals surface area contributed by atoms with E-state index in [9.17, 15) is 18.0 Å². The Hall–Kier alpha value is -2.36. The van der Waals surface area contributed by atoms with Crippen molar-refractivity contribution in [1.29, 1.82) is 0 Å². The molecule has 26 heavy (non-hydrogen) atoms. The van der Waals surface area contributed by atoms with E-state index in [2.05, 4.69) is 15.4 Å². The zero-order valence-corrected chi connectivity index (χ0v) is 14.0. The Balaban J connectivity index is 1.48. The number of hydrogen-bond donors (Lipinski definition) is 1. The fourth-order valence-corrected chi connectivity index (χ4v) is 2.94. The lowest BCUT2D eigenvalue weighted by Gasteiger charge is -2.36. The lowest BCUT2D eigenvalue weighted by molar-refractivity contribution is -0.142. The molecule has 1 saturated heterocycles. The zero-order chi connectivity index (χ0) is 18.6. The predicted molar refractivity (Wildman–Crippen MR) is 83.4 cm³/mol. The highest BCUT2D eigenvalue weighted by atomic mass is 19.4. The van der Waals surface area contributed by atoms with Gasteiger partial charge in [0, 0.05) is 44.8 Å². The number of nitrogens with one attached hydrogen (secondary N) is 1. The van der Waals surface area contributed by atoms with Gasteiger partial charge in [0.05, 0.1) is 12.4 Å². The molecule has 1 fully saturated rings. The number of aromatic nitrogens is 2.